The summed E-state index contributed by atoms with van der Waals surface area (Å²) in [5.74, 6) is -2.48. The lowest BCUT2D eigenvalue weighted by Crippen LogP contribution is -2.23. The van der Waals surface area contributed by atoms with Gasteiger partial charge in [-0.1, -0.05) is 13.5 Å². The fraction of sp³-hybridized carbons (Fsp3) is 0.214. The minimum absolute atomic E-state index is 0.0617. The van der Waals surface area contributed by atoms with Crippen molar-refractivity contribution in [2.45, 2.75) is 19.6 Å². The molecule has 1 rings (SSSR count). The summed E-state index contributed by atoms with van der Waals surface area (Å²) in [5, 5.41) is 8.74. The zero-order valence-corrected chi connectivity index (χ0v) is 10.9. The van der Waals surface area contributed by atoms with Crippen LogP contribution in [0.2, 0.25) is 0 Å². The van der Waals surface area contributed by atoms with E-state index in [0.29, 0.717) is 6.42 Å². The SMILES string of the molecule is C=CC(=O)OC(CC)OC(=O)c1ccc(C(=O)O)cc1. The molecule has 0 aliphatic rings. The molecule has 0 spiro atoms. The van der Waals surface area contributed by atoms with Gasteiger partial charge in [-0.25, -0.2) is 14.4 Å². The van der Waals surface area contributed by atoms with Gasteiger partial charge in [0.25, 0.3) is 0 Å². The van der Waals surface area contributed by atoms with Crippen molar-refractivity contribution in [3.63, 3.8) is 0 Å². The summed E-state index contributed by atoms with van der Waals surface area (Å²) >= 11 is 0. The Morgan fingerprint density at radius 3 is 2.20 bits per heavy atom. The predicted molar refractivity (Wildman–Crippen MR) is 69.2 cm³/mol. The van der Waals surface area contributed by atoms with E-state index in [1.807, 2.05) is 0 Å². The van der Waals surface area contributed by atoms with Crippen molar-refractivity contribution >= 4 is 17.9 Å². The first-order valence-corrected chi connectivity index (χ1v) is 5.85. The van der Waals surface area contributed by atoms with Crippen LogP contribution in [0.3, 0.4) is 0 Å². The summed E-state index contributed by atoms with van der Waals surface area (Å²) in [7, 11) is 0. The quantitative estimate of drug-likeness (QED) is 0.486. The van der Waals surface area contributed by atoms with Crippen LogP contribution in [0.15, 0.2) is 36.9 Å². The Kier molecular flexibility index (Phi) is 5.46. The number of carbonyl (C=O) groups is 3. The fourth-order valence-corrected chi connectivity index (χ4v) is 1.30. The molecule has 0 fully saturated rings. The molecule has 1 atom stereocenters. The normalized spacial score (nSPS) is 11.2. The number of carbonyl (C=O) groups excluding carboxylic acids is 2. The Bertz CT molecular complexity index is 517. The standard InChI is InChI=1S/C14H14O6/c1-3-11(15)19-12(4-2)20-14(18)10-7-5-9(6-8-10)13(16)17/h3,5-8,12H,1,4H2,2H3,(H,16,17). The molecule has 1 aromatic carbocycles. The molecule has 0 aliphatic heterocycles. The van der Waals surface area contributed by atoms with Crippen LogP contribution >= 0.6 is 0 Å². The van der Waals surface area contributed by atoms with Gasteiger partial charge in [0.05, 0.1) is 11.1 Å². The van der Waals surface area contributed by atoms with E-state index in [-0.39, 0.29) is 11.1 Å². The van der Waals surface area contributed by atoms with E-state index in [1.165, 1.54) is 24.3 Å². The average Bonchev–Trinajstić information content (AvgIpc) is 2.46. The molecule has 106 valence electrons. The van der Waals surface area contributed by atoms with Crippen LogP contribution in [0.4, 0.5) is 0 Å². The third-order valence-electron chi connectivity index (χ3n) is 2.35. The monoisotopic (exact) mass is 278 g/mol. The van der Waals surface area contributed by atoms with Crippen LogP contribution in [0.25, 0.3) is 0 Å². The highest BCUT2D eigenvalue weighted by atomic mass is 16.7. The number of esters is 2. The second-order valence-corrected chi connectivity index (χ2v) is 3.77. The number of ether oxygens (including phenoxy) is 2. The van der Waals surface area contributed by atoms with Crippen LogP contribution in [0.5, 0.6) is 0 Å². The van der Waals surface area contributed by atoms with Gasteiger partial charge >= 0.3 is 17.9 Å². The largest absolute Gasteiger partial charge is 0.478 e. The molecule has 20 heavy (non-hydrogen) atoms. The second kappa shape index (κ2) is 7.08. The van der Waals surface area contributed by atoms with Crippen LogP contribution in [-0.4, -0.2) is 29.3 Å². The first kappa shape index (κ1) is 15.4. The number of rotatable bonds is 6. The molecule has 6 nitrogen and oxygen atoms in total. The molecular weight excluding hydrogens is 264 g/mol. The Balaban J connectivity index is 2.71. The molecule has 0 saturated heterocycles. The van der Waals surface area contributed by atoms with Crippen molar-refractivity contribution in [2.24, 2.45) is 0 Å². The average molecular weight is 278 g/mol. The first-order chi connectivity index (χ1) is 9.47. The topological polar surface area (TPSA) is 89.9 Å². The van der Waals surface area contributed by atoms with E-state index in [2.05, 4.69) is 6.58 Å². The van der Waals surface area contributed by atoms with E-state index in [4.69, 9.17) is 14.6 Å². The van der Waals surface area contributed by atoms with Gasteiger partial charge in [0.2, 0.25) is 6.29 Å². The van der Waals surface area contributed by atoms with Crippen LogP contribution in [0.1, 0.15) is 34.1 Å². The maximum absolute atomic E-state index is 11.8. The van der Waals surface area contributed by atoms with Crippen molar-refractivity contribution in [1.29, 1.82) is 0 Å². The summed E-state index contributed by atoms with van der Waals surface area (Å²) in [5.41, 5.74) is 0.231. The van der Waals surface area contributed by atoms with Gasteiger partial charge in [-0.2, -0.15) is 0 Å². The van der Waals surface area contributed by atoms with Crippen LogP contribution in [0, 0.1) is 0 Å². The molecule has 1 unspecified atom stereocenters. The lowest BCUT2D eigenvalue weighted by Gasteiger charge is -2.15. The van der Waals surface area contributed by atoms with Gasteiger partial charge in [-0.05, 0) is 24.3 Å². The van der Waals surface area contributed by atoms with Gasteiger partial charge in [0.15, 0.2) is 0 Å². The lowest BCUT2D eigenvalue weighted by molar-refractivity contribution is -0.162. The fourth-order valence-electron chi connectivity index (χ4n) is 1.30. The second-order valence-electron chi connectivity index (χ2n) is 3.77. The molecule has 0 amide bonds. The summed E-state index contributed by atoms with van der Waals surface area (Å²) < 4.78 is 9.79. The molecule has 0 heterocycles. The molecule has 0 aromatic heterocycles. The third-order valence-corrected chi connectivity index (χ3v) is 2.35. The highest BCUT2D eigenvalue weighted by Crippen LogP contribution is 2.10. The van der Waals surface area contributed by atoms with Gasteiger partial charge in [-0.15, -0.1) is 0 Å². The Labute approximate surface area is 115 Å². The molecule has 6 heteroatoms. The Morgan fingerprint density at radius 2 is 1.75 bits per heavy atom. The molecule has 0 radical (unpaired) electrons. The van der Waals surface area contributed by atoms with E-state index in [1.54, 1.807) is 6.92 Å². The summed E-state index contributed by atoms with van der Waals surface area (Å²) in [4.78, 5) is 33.5. The number of aromatic carboxylic acids is 1. The van der Waals surface area contributed by atoms with Crippen molar-refractivity contribution in [1.82, 2.24) is 0 Å². The van der Waals surface area contributed by atoms with E-state index >= 15 is 0 Å². The molecule has 1 N–H and O–H groups in total. The van der Waals surface area contributed by atoms with Gasteiger partial charge in [0, 0.05) is 12.5 Å². The molecule has 0 bridgehead atoms. The zero-order valence-electron chi connectivity index (χ0n) is 10.9. The minimum Gasteiger partial charge on any atom is -0.478 e. The van der Waals surface area contributed by atoms with Gasteiger partial charge < -0.3 is 14.6 Å². The predicted octanol–water partition coefficient (Wildman–Crippen LogP) is 2.01. The summed E-state index contributed by atoms with van der Waals surface area (Å²) in [6, 6.07) is 5.23. The maximum Gasteiger partial charge on any atom is 0.341 e. The minimum atomic E-state index is -1.09. The number of hydrogen-bond acceptors (Lipinski definition) is 5. The molecular formula is C14H14O6. The number of carboxylic acids is 1. The summed E-state index contributed by atoms with van der Waals surface area (Å²) in [6.45, 7) is 4.92. The maximum atomic E-state index is 11.8. The highest BCUT2D eigenvalue weighted by molar-refractivity contribution is 5.92. The van der Waals surface area contributed by atoms with E-state index < -0.39 is 24.2 Å². The zero-order chi connectivity index (χ0) is 15.1. The highest BCUT2D eigenvalue weighted by Gasteiger charge is 2.17. The number of benzene rings is 1. The lowest BCUT2D eigenvalue weighted by atomic mass is 10.1. The van der Waals surface area contributed by atoms with E-state index in [0.717, 1.165) is 6.08 Å². The van der Waals surface area contributed by atoms with Crippen LogP contribution in [-0.2, 0) is 14.3 Å². The first-order valence-electron chi connectivity index (χ1n) is 5.85. The Hall–Kier alpha value is -2.63. The summed E-state index contributed by atoms with van der Waals surface area (Å²) in [6.07, 6.45) is 0.253. The van der Waals surface area contributed by atoms with Crippen LogP contribution < -0.4 is 0 Å². The Morgan fingerprint density at radius 1 is 1.20 bits per heavy atom. The number of carboxylic acid groups (broad SMARTS) is 1. The van der Waals surface area contributed by atoms with Crippen molar-refractivity contribution < 1.29 is 29.0 Å². The van der Waals surface area contributed by atoms with Crippen molar-refractivity contribution in [3.05, 3.63) is 48.0 Å². The van der Waals surface area contributed by atoms with Gasteiger partial charge in [0.1, 0.15) is 0 Å². The smallest absolute Gasteiger partial charge is 0.341 e. The van der Waals surface area contributed by atoms with Crippen molar-refractivity contribution in [2.75, 3.05) is 0 Å². The molecule has 0 saturated carbocycles. The van der Waals surface area contributed by atoms with Gasteiger partial charge in [-0.3, -0.25) is 0 Å². The van der Waals surface area contributed by atoms with Crippen molar-refractivity contribution in [3.8, 4) is 0 Å². The third kappa shape index (κ3) is 4.24. The number of hydrogen-bond donors (Lipinski definition) is 1. The molecule has 0 aliphatic carbocycles. The van der Waals surface area contributed by atoms with E-state index in [9.17, 15) is 14.4 Å². The molecule has 1 aromatic rings.